The Bertz CT molecular complexity index is 847. The van der Waals surface area contributed by atoms with Crippen LogP contribution in [0.25, 0.3) is 0 Å². The van der Waals surface area contributed by atoms with Crippen LogP contribution in [-0.2, 0) is 21.4 Å². The Labute approximate surface area is 162 Å². The number of hydrogen-bond acceptors (Lipinski definition) is 3. The average molecular weight is 364 g/mol. The van der Waals surface area contributed by atoms with Gasteiger partial charge in [0.05, 0.1) is 12.5 Å². The number of carbonyl (C=O) groups excluding carboxylic acids is 1. The summed E-state index contributed by atoms with van der Waals surface area (Å²) in [6.07, 6.45) is 5.21. The highest BCUT2D eigenvalue weighted by Gasteiger charge is 2.55. The van der Waals surface area contributed by atoms with Gasteiger partial charge in [0.2, 0.25) is 0 Å². The highest BCUT2D eigenvalue weighted by atomic mass is 16.5. The van der Waals surface area contributed by atoms with Crippen LogP contribution in [0, 0.1) is 11.3 Å². The number of ether oxygens (including phenoxy) is 1. The maximum absolute atomic E-state index is 12.6. The van der Waals surface area contributed by atoms with Crippen LogP contribution >= 0.6 is 0 Å². The lowest BCUT2D eigenvalue weighted by molar-refractivity contribution is -0.161. The first-order valence-corrected chi connectivity index (χ1v) is 10.0. The minimum absolute atomic E-state index is 0.0377. The number of hydrogen-bond donors (Lipinski definition) is 1. The Morgan fingerprint density at radius 3 is 2.59 bits per heavy atom. The Balaban J connectivity index is 1.67. The summed E-state index contributed by atoms with van der Waals surface area (Å²) >= 11 is 0. The van der Waals surface area contributed by atoms with Crippen molar-refractivity contribution in [1.82, 2.24) is 0 Å². The Hall–Kier alpha value is -2.29. The highest BCUT2D eigenvalue weighted by molar-refractivity contribution is 5.77. The van der Waals surface area contributed by atoms with Crippen LogP contribution < -0.4 is 5.32 Å². The SMILES string of the molecule is COC(=O)C1(C)CCC[C@]2(C)c3ccc(Nc4ccccc4)cc3CCC12. The van der Waals surface area contributed by atoms with Gasteiger partial charge in [-0.15, -0.1) is 0 Å². The van der Waals surface area contributed by atoms with Gasteiger partial charge in [0.25, 0.3) is 0 Å². The molecular weight excluding hydrogens is 334 g/mol. The molecule has 2 aromatic rings. The lowest BCUT2D eigenvalue weighted by atomic mass is 9.50. The molecule has 4 rings (SSSR count). The predicted molar refractivity (Wildman–Crippen MR) is 109 cm³/mol. The molecule has 0 bridgehead atoms. The number of aryl methyl sites for hydroxylation is 1. The molecule has 0 heterocycles. The summed E-state index contributed by atoms with van der Waals surface area (Å²) < 4.78 is 5.21. The van der Waals surface area contributed by atoms with Crippen molar-refractivity contribution in [3.05, 3.63) is 59.7 Å². The highest BCUT2D eigenvalue weighted by Crippen LogP contribution is 2.57. The summed E-state index contributed by atoms with van der Waals surface area (Å²) in [5, 5.41) is 3.51. The normalized spacial score (nSPS) is 29.4. The fraction of sp³-hybridized carbons (Fsp3) is 0.458. The van der Waals surface area contributed by atoms with Gasteiger partial charge >= 0.3 is 5.97 Å². The second-order valence-electron chi connectivity index (χ2n) is 8.63. The van der Waals surface area contributed by atoms with Crippen molar-refractivity contribution in [3.8, 4) is 0 Å². The number of methoxy groups -OCH3 is 1. The van der Waals surface area contributed by atoms with Crippen LogP contribution in [0.1, 0.15) is 50.7 Å². The molecule has 1 saturated carbocycles. The van der Waals surface area contributed by atoms with Crippen LogP contribution in [0.3, 0.4) is 0 Å². The van der Waals surface area contributed by atoms with Crippen molar-refractivity contribution in [1.29, 1.82) is 0 Å². The fourth-order valence-electron chi connectivity index (χ4n) is 5.73. The second kappa shape index (κ2) is 6.70. The van der Waals surface area contributed by atoms with Gasteiger partial charge in [0.1, 0.15) is 0 Å². The van der Waals surface area contributed by atoms with E-state index < -0.39 is 0 Å². The van der Waals surface area contributed by atoms with Crippen molar-refractivity contribution >= 4 is 17.3 Å². The number of nitrogens with one attached hydrogen (secondary N) is 1. The zero-order valence-corrected chi connectivity index (χ0v) is 16.5. The molecule has 0 saturated heterocycles. The van der Waals surface area contributed by atoms with Crippen molar-refractivity contribution in [2.75, 3.05) is 12.4 Å². The third-order valence-electron chi connectivity index (χ3n) is 7.07. The van der Waals surface area contributed by atoms with Crippen LogP contribution in [-0.4, -0.2) is 13.1 Å². The maximum Gasteiger partial charge on any atom is 0.311 e. The van der Waals surface area contributed by atoms with Gasteiger partial charge < -0.3 is 10.1 Å². The van der Waals surface area contributed by atoms with E-state index in [1.165, 1.54) is 18.2 Å². The number of para-hydroxylation sites is 1. The molecule has 0 aromatic heterocycles. The molecule has 27 heavy (non-hydrogen) atoms. The van der Waals surface area contributed by atoms with Crippen LogP contribution in [0.5, 0.6) is 0 Å². The van der Waals surface area contributed by atoms with Crippen molar-refractivity contribution in [3.63, 3.8) is 0 Å². The Morgan fingerprint density at radius 1 is 1.07 bits per heavy atom. The van der Waals surface area contributed by atoms with E-state index in [1.807, 2.05) is 18.2 Å². The van der Waals surface area contributed by atoms with E-state index in [1.54, 1.807) is 0 Å². The number of anilines is 2. The molecule has 2 aliphatic carbocycles. The quantitative estimate of drug-likeness (QED) is 0.720. The second-order valence-corrected chi connectivity index (χ2v) is 8.63. The molecular formula is C24H29NO2. The number of carbonyl (C=O) groups is 1. The number of fused-ring (bicyclic) bond motifs is 3. The zero-order chi connectivity index (χ0) is 19.1. The third kappa shape index (κ3) is 2.93. The average Bonchev–Trinajstić information content (AvgIpc) is 2.67. The van der Waals surface area contributed by atoms with Crippen LogP contribution in [0.4, 0.5) is 11.4 Å². The molecule has 2 aliphatic rings. The first-order chi connectivity index (χ1) is 13.0. The largest absolute Gasteiger partial charge is 0.469 e. The molecule has 1 N–H and O–H groups in total. The molecule has 0 amide bonds. The zero-order valence-electron chi connectivity index (χ0n) is 16.5. The minimum atomic E-state index is -0.375. The van der Waals surface area contributed by atoms with Gasteiger partial charge in [-0.25, -0.2) is 0 Å². The van der Waals surface area contributed by atoms with Gasteiger partial charge in [-0.2, -0.15) is 0 Å². The monoisotopic (exact) mass is 363 g/mol. The molecule has 2 unspecified atom stereocenters. The van der Waals surface area contributed by atoms with Crippen molar-refractivity contribution in [2.24, 2.45) is 11.3 Å². The molecule has 0 radical (unpaired) electrons. The molecule has 142 valence electrons. The standard InChI is InChI=1S/C24H29NO2/c1-23-14-7-15-24(2,22(26)27-3)21(23)13-10-17-16-19(11-12-20(17)23)25-18-8-5-4-6-9-18/h4-6,8-9,11-12,16,21,25H,7,10,13-15H2,1-3H3/t21?,23-,24?/m1/s1. The molecule has 2 aromatic carbocycles. The lowest BCUT2D eigenvalue weighted by Gasteiger charge is -2.54. The molecule has 3 atom stereocenters. The lowest BCUT2D eigenvalue weighted by Crippen LogP contribution is -2.52. The van der Waals surface area contributed by atoms with E-state index in [0.717, 1.165) is 43.5 Å². The predicted octanol–water partition coefficient (Wildman–Crippen LogP) is 5.61. The first kappa shape index (κ1) is 18.1. The first-order valence-electron chi connectivity index (χ1n) is 10.0. The summed E-state index contributed by atoms with van der Waals surface area (Å²) in [6, 6.07) is 17.1. The minimum Gasteiger partial charge on any atom is -0.469 e. The molecule has 0 spiro atoms. The van der Waals surface area contributed by atoms with E-state index >= 15 is 0 Å². The van der Waals surface area contributed by atoms with Crippen LogP contribution in [0.2, 0.25) is 0 Å². The molecule has 0 aliphatic heterocycles. The topological polar surface area (TPSA) is 38.3 Å². The fourth-order valence-corrected chi connectivity index (χ4v) is 5.73. The maximum atomic E-state index is 12.6. The number of rotatable bonds is 3. The summed E-state index contributed by atoms with van der Waals surface area (Å²) in [5.41, 5.74) is 4.75. The summed E-state index contributed by atoms with van der Waals surface area (Å²) in [4.78, 5) is 12.6. The Kier molecular flexibility index (Phi) is 4.49. The summed E-state index contributed by atoms with van der Waals surface area (Å²) in [5.74, 6) is 0.302. The molecule has 3 heteroatoms. The van der Waals surface area contributed by atoms with Crippen molar-refractivity contribution < 1.29 is 9.53 Å². The third-order valence-corrected chi connectivity index (χ3v) is 7.07. The van der Waals surface area contributed by atoms with E-state index in [4.69, 9.17) is 4.74 Å². The smallest absolute Gasteiger partial charge is 0.311 e. The molecule has 3 nitrogen and oxygen atoms in total. The van der Waals surface area contributed by atoms with E-state index in [9.17, 15) is 4.79 Å². The summed E-state index contributed by atoms with van der Waals surface area (Å²) in [6.45, 7) is 4.48. The Morgan fingerprint density at radius 2 is 1.85 bits per heavy atom. The van der Waals surface area contributed by atoms with Crippen molar-refractivity contribution in [2.45, 2.75) is 51.4 Å². The summed E-state index contributed by atoms with van der Waals surface area (Å²) in [7, 11) is 1.53. The van der Waals surface area contributed by atoms with Gasteiger partial charge in [-0.1, -0.05) is 37.6 Å². The van der Waals surface area contributed by atoms with Crippen LogP contribution in [0.15, 0.2) is 48.5 Å². The van der Waals surface area contributed by atoms with Gasteiger partial charge in [0.15, 0.2) is 0 Å². The van der Waals surface area contributed by atoms with E-state index in [-0.39, 0.29) is 16.8 Å². The molecule has 1 fully saturated rings. The number of benzene rings is 2. The van der Waals surface area contributed by atoms with Gasteiger partial charge in [-0.05, 0) is 79.3 Å². The van der Waals surface area contributed by atoms with E-state index in [0.29, 0.717) is 5.92 Å². The number of esters is 1. The van der Waals surface area contributed by atoms with Gasteiger partial charge in [0, 0.05) is 11.4 Å². The van der Waals surface area contributed by atoms with Gasteiger partial charge in [-0.3, -0.25) is 4.79 Å². The van der Waals surface area contributed by atoms with E-state index in [2.05, 4.69) is 49.5 Å².